The third kappa shape index (κ3) is 3.39. The van der Waals surface area contributed by atoms with Gasteiger partial charge in [-0.2, -0.15) is 5.26 Å². The van der Waals surface area contributed by atoms with E-state index in [4.69, 9.17) is 16.0 Å². The first-order chi connectivity index (χ1) is 15.1. The molecule has 5 rings (SSSR count). The Balaban J connectivity index is 1.62. The highest BCUT2D eigenvalue weighted by atomic mass is 16.2. The molecule has 1 amide bonds. The molecule has 1 aromatic heterocycles. The van der Waals surface area contributed by atoms with Crippen LogP contribution in [-0.4, -0.2) is 28.9 Å². The quantitative estimate of drug-likeness (QED) is 0.653. The Bertz CT molecular complexity index is 1170. The SMILES string of the molecule is N#CCN1CCc2nc(-c3ccc(C4(N)CCC4)cc3)c(-c3ccccc3)cc2C1=O. The van der Waals surface area contributed by atoms with Crippen LogP contribution < -0.4 is 5.73 Å². The maximum Gasteiger partial charge on any atom is 0.256 e. The molecule has 1 fully saturated rings. The van der Waals surface area contributed by atoms with Crippen molar-refractivity contribution in [2.75, 3.05) is 13.1 Å². The lowest BCUT2D eigenvalue weighted by Crippen LogP contribution is -2.43. The van der Waals surface area contributed by atoms with E-state index < -0.39 is 0 Å². The molecule has 0 spiro atoms. The highest BCUT2D eigenvalue weighted by Crippen LogP contribution is 2.40. The van der Waals surface area contributed by atoms with Crippen LogP contribution in [0.15, 0.2) is 60.7 Å². The number of carbonyl (C=O) groups is 1. The molecule has 0 unspecified atom stereocenters. The molecular formula is C26H24N4O. The average molecular weight is 409 g/mol. The molecule has 154 valence electrons. The summed E-state index contributed by atoms with van der Waals surface area (Å²) in [5.74, 6) is -0.121. The zero-order valence-corrected chi connectivity index (χ0v) is 17.3. The van der Waals surface area contributed by atoms with Crippen molar-refractivity contribution in [1.29, 1.82) is 5.26 Å². The molecule has 2 aromatic carbocycles. The van der Waals surface area contributed by atoms with E-state index in [2.05, 4.69) is 30.3 Å². The minimum absolute atomic E-state index is 0.100. The maximum atomic E-state index is 13.0. The van der Waals surface area contributed by atoms with Gasteiger partial charge in [-0.3, -0.25) is 9.78 Å². The Morgan fingerprint density at radius 1 is 1.03 bits per heavy atom. The van der Waals surface area contributed by atoms with E-state index in [1.165, 1.54) is 12.0 Å². The molecule has 5 nitrogen and oxygen atoms in total. The summed E-state index contributed by atoms with van der Waals surface area (Å²) in [4.78, 5) is 19.5. The predicted octanol–water partition coefficient (Wildman–Crippen LogP) is 4.28. The van der Waals surface area contributed by atoms with E-state index in [1.807, 2.05) is 36.4 Å². The van der Waals surface area contributed by atoms with Crippen LogP contribution >= 0.6 is 0 Å². The van der Waals surface area contributed by atoms with Crippen molar-refractivity contribution in [3.63, 3.8) is 0 Å². The number of nitrogens with zero attached hydrogens (tertiary/aromatic N) is 3. The van der Waals surface area contributed by atoms with Gasteiger partial charge in [0.25, 0.3) is 5.91 Å². The molecule has 2 heterocycles. The van der Waals surface area contributed by atoms with Crippen molar-refractivity contribution in [2.45, 2.75) is 31.2 Å². The summed E-state index contributed by atoms with van der Waals surface area (Å²) in [7, 11) is 0. The fraction of sp³-hybridized carbons (Fsp3) is 0.269. The number of hydrogen-bond acceptors (Lipinski definition) is 4. The van der Waals surface area contributed by atoms with E-state index in [-0.39, 0.29) is 18.0 Å². The van der Waals surface area contributed by atoms with Gasteiger partial charge in [-0.1, -0.05) is 54.6 Å². The third-order valence-electron chi connectivity index (χ3n) is 6.56. The minimum Gasteiger partial charge on any atom is -0.325 e. The Morgan fingerprint density at radius 2 is 1.77 bits per heavy atom. The van der Waals surface area contributed by atoms with Crippen molar-refractivity contribution < 1.29 is 4.79 Å². The molecule has 0 saturated heterocycles. The predicted molar refractivity (Wildman–Crippen MR) is 120 cm³/mol. The summed E-state index contributed by atoms with van der Waals surface area (Å²) in [6.07, 6.45) is 3.88. The monoisotopic (exact) mass is 408 g/mol. The number of benzene rings is 2. The van der Waals surface area contributed by atoms with Crippen LogP contribution in [-0.2, 0) is 12.0 Å². The van der Waals surface area contributed by atoms with Crippen LogP contribution in [0.3, 0.4) is 0 Å². The molecule has 0 atom stereocenters. The van der Waals surface area contributed by atoms with Gasteiger partial charge in [0.1, 0.15) is 6.54 Å². The topological polar surface area (TPSA) is 83.0 Å². The lowest BCUT2D eigenvalue weighted by molar-refractivity contribution is 0.0759. The summed E-state index contributed by atoms with van der Waals surface area (Å²) in [6.45, 7) is 0.619. The fourth-order valence-electron chi connectivity index (χ4n) is 4.54. The summed E-state index contributed by atoms with van der Waals surface area (Å²) >= 11 is 0. The zero-order valence-electron chi connectivity index (χ0n) is 17.3. The smallest absolute Gasteiger partial charge is 0.256 e. The first kappa shape index (κ1) is 19.5. The number of rotatable bonds is 4. The van der Waals surface area contributed by atoms with Crippen LogP contribution in [0.4, 0.5) is 0 Å². The number of nitriles is 1. The zero-order chi connectivity index (χ0) is 21.4. The summed E-state index contributed by atoms with van der Waals surface area (Å²) in [5.41, 5.74) is 12.7. The number of pyridine rings is 1. The lowest BCUT2D eigenvalue weighted by atomic mass is 9.72. The summed E-state index contributed by atoms with van der Waals surface area (Å²) < 4.78 is 0. The second kappa shape index (κ2) is 7.64. The van der Waals surface area contributed by atoms with Gasteiger partial charge < -0.3 is 10.6 Å². The molecule has 3 aromatic rings. The number of nitrogens with two attached hydrogens (primary N) is 1. The Kier molecular flexibility index (Phi) is 4.80. The van der Waals surface area contributed by atoms with E-state index in [9.17, 15) is 4.79 Å². The second-order valence-corrected chi connectivity index (χ2v) is 8.47. The van der Waals surface area contributed by atoms with Crippen LogP contribution in [0.25, 0.3) is 22.4 Å². The van der Waals surface area contributed by atoms with Crippen LogP contribution in [0.5, 0.6) is 0 Å². The van der Waals surface area contributed by atoms with Gasteiger partial charge in [-0.05, 0) is 36.5 Å². The number of carbonyl (C=O) groups excluding carboxylic acids is 1. The third-order valence-corrected chi connectivity index (χ3v) is 6.56. The number of amides is 1. The van der Waals surface area contributed by atoms with Crippen molar-refractivity contribution in [3.8, 4) is 28.5 Å². The maximum absolute atomic E-state index is 13.0. The first-order valence-corrected chi connectivity index (χ1v) is 10.7. The highest BCUT2D eigenvalue weighted by molar-refractivity contribution is 5.99. The van der Waals surface area contributed by atoms with Crippen molar-refractivity contribution in [1.82, 2.24) is 9.88 Å². The molecule has 5 heteroatoms. The van der Waals surface area contributed by atoms with Crippen LogP contribution in [0, 0.1) is 11.3 Å². The Morgan fingerprint density at radius 3 is 2.42 bits per heavy atom. The molecule has 0 bridgehead atoms. The summed E-state index contributed by atoms with van der Waals surface area (Å²) in [6, 6.07) is 22.5. The van der Waals surface area contributed by atoms with Gasteiger partial charge in [0.05, 0.1) is 23.0 Å². The summed E-state index contributed by atoms with van der Waals surface area (Å²) in [5, 5.41) is 9.04. The Hall–Kier alpha value is -3.49. The molecule has 0 radical (unpaired) electrons. The molecule has 31 heavy (non-hydrogen) atoms. The Labute approximate surface area is 182 Å². The standard InChI is InChI=1S/C26H24N4O/c27-14-16-30-15-11-23-22(25(30)31)17-21(18-5-2-1-3-6-18)24(29-23)19-7-9-20(10-8-19)26(28)12-4-13-26/h1-3,5-10,17H,4,11-13,15-16,28H2. The van der Waals surface area contributed by atoms with Gasteiger partial charge in [-0.25, -0.2) is 0 Å². The molecule has 1 aliphatic heterocycles. The minimum atomic E-state index is -0.194. The number of fused-ring (bicyclic) bond motifs is 1. The second-order valence-electron chi connectivity index (χ2n) is 8.47. The van der Waals surface area contributed by atoms with Gasteiger partial charge >= 0.3 is 0 Å². The van der Waals surface area contributed by atoms with Crippen molar-refractivity contribution in [2.24, 2.45) is 5.73 Å². The van der Waals surface area contributed by atoms with Gasteiger partial charge in [0.15, 0.2) is 0 Å². The largest absolute Gasteiger partial charge is 0.325 e. The number of aromatic nitrogens is 1. The van der Waals surface area contributed by atoms with E-state index in [0.29, 0.717) is 18.5 Å². The fourth-order valence-corrected chi connectivity index (χ4v) is 4.54. The van der Waals surface area contributed by atoms with Crippen molar-refractivity contribution >= 4 is 5.91 Å². The van der Waals surface area contributed by atoms with E-state index in [0.717, 1.165) is 40.9 Å². The number of hydrogen-bond donors (Lipinski definition) is 1. The average Bonchev–Trinajstić information content (AvgIpc) is 2.79. The van der Waals surface area contributed by atoms with E-state index in [1.54, 1.807) is 4.90 Å². The lowest BCUT2D eigenvalue weighted by Gasteiger charge is -2.38. The first-order valence-electron chi connectivity index (χ1n) is 10.7. The normalized spacial score (nSPS) is 16.9. The molecule has 2 aliphatic rings. The van der Waals surface area contributed by atoms with Gasteiger partial charge in [0.2, 0.25) is 0 Å². The molecule has 2 N–H and O–H groups in total. The van der Waals surface area contributed by atoms with Gasteiger partial charge in [-0.15, -0.1) is 0 Å². The van der Waals surface area contributed by atoms with E-state index >= 15 is 0 Å². The molecular weight excluding hydrogens is 384 g/mol. The highest BCUT2D eigenvalue weighted by Gasteiger charge is 2.34. The van der Waals surface area contributed by atoms with Crippen molar-refractivity contribution in [3.05, 3.63) is 77.5 Å². The molecule has 1 saturated carbocycles. The molecule has 1 aliphatic carbocycles. The van der Waals surface area contributed by atoms with Crippen LogP contribution in [0.2, 0.25) is 0 Å². The van der Waals surface area contributed by atoms with Crippen LogP contribution in [0.1, 0.15) is 40.9 Å². The van der Waals surface area contributed by atoms with Gasteiger partial charge in [0, 0.05) is 29.6 Å².